The zero-order valence-corrected chi connectivity index (χ0v) is 17.2. The molecular formula is C24H29N3O2. The molecule has 0 spiro atoms. The molecule has 2 heterocycles. The summed E-state index contributed by atoms with van der Waals surface area (Å²) in [5, 5.41) is 1.02. The number of ketones is 1. The molecule has 5 nitrogen and oxygen atoms in total. The lowest BCUT2D eigenvalue weighted by Crippen LogP contribution is -2.32. The summed E-state index contributed by atoms with van der Waals surface area (Å²) in [5.41, 5.74) is 9.91. The zero-order chi connectivity index (χ0) is 20.4. The standard InChI is InChI=1S/C24H29N3O2/c1-15(25)16-6-8-17(9-7-16)23(28)13-18-10-11-26-24-21(18)14-22(27-24)19-4-3-5-20(12-19)29-2/h3-5,10-12,14-17H,6-9,13,25H2,1-2H3,(H,26,27). The second kappa shape index (κ2) is 8.37. The van der Waals surface area contributed by atoms with Crippen molar-refractivity contribution in [3.63, 3.8) is 0 Å². The lowest BCUT2D eigenvalue weighted by molar-refractivity contribution is -0.123. The smallest absolute Gasteiger partial charge is 0.140 e. The van der Waals surface area contributed by atoms with E-state index in [2.05, 4.69) is 23.0 Å². The van der Waals surface area contributed by atoms with E-state index in [0.717, 1.165) is 59.3 Å². The number of Topliss-reactive ketones (excluding diaryl/α,β-unsaturated/α-hetero) is 1. The molecule has 1 atom stereocenters. The van der Waals surface area contributed by atoms with E-state index in [9.17, 15) is 4.79 Å². The van der Waals surface area contributed by atoms with Gasteiger partial charge in [-0.1, -0.05) is 12.1 Å². The predicted molar refractivity (Wildman–Crippen MR) is 116 cm³/mol. The molecule has 1 aliphatic carbocycles. The molecule has 1 aromatic carbocycles. The van der Waals surface area contributed by atoms with Gasteiger partial charge in [-0.15, -0.1) is 0 Å². The number of hydrogen-bond acceptors (Lipinski definition) is 4. The Labute approximate surface area is 171 Å². The molecule has 3 aromatic rings. The highest BCUT2D eigenvalue weighted by Gasteiger charge is 2.28. The first-order valence-electron chi connectivity index (χ1n) is 10.4. The molecule has 1 fully saturated rings. The molecule has 152 valence electrons. The lowest BCUT2D eigenvalue weighted by Gasteiger charge is -2.30. The first kappa shape index (κ1) is 19.6. The quantitative estimate of drug-likeness (QED) is 0.648. The molecule has 0 amide bonds. The molecule has 1 saturated carbocycles. The first-order chi connectivity index (χ1) is 14.0. The van der Waals surface area contributed by atoms with E-state index in [1.54, 1.807) is 13.3 Å². The van der Waals surface area contributed by atoms with Crippen molar-refractivity contribution in [1.29, 1.82) is 0 Å². The highest BCUT2D eigenvalue weighted by Crippen LogP contribution is 2.33. The molecule has 0 radical (unpaired) electrons. The Morgan fingerprint density at radius 2 is 2.03 bits per heavy atom. The Morgan fingerprint density at radius 1 is 1.24 bits per heavy atom. The average Bonchev–Trinajstić information content (AvgIpc) is 3.19. The largest absolute Gasteiger partial charge is 0.497 e. The van der Waals surface area contributed by atoms with Crippen molar-refractivity contribution in [1.82, 2.24) is 9.97 Å². The summed E-state index contributed by atoms with van der Waals surface area (Å²) < 4.78 is 5.33. The van der Waals surface area contributed by atoms with Crippen LogP contribution >= 0.6 is 0 Å². The first-order valence-corrected chi connectivity index (χ1v) is 10.4. The van der Waals surface area contributed by atoms with Gasteiger partial charge in [0, 0.05) is 41.2 Å². The van der Waals surface area contributed by atoms with Crippen molar-refractivity contribution >= 4 is 16.8 Å². The molecule has 5 heteroatoms. The van der Waals surface area contributed by atoms with E-state index in [0.29, 0.717) is 18.1 Å². The highest BCUT2D eigenvalue weighted by molar-refractivity contribution is 5.91. The number of nitrogens with one attached hydrogen (secondary N) is 1. The maximum atomic E-state index is 13.0. The highest BCUT2D eigenvalue weighted by atomic mass is 16.5. The van der Waals surface area contributed by atoms with Crippen molar-refractivity contribution in [2.24, 2.45) is 17.6 Å². The van der Waals surface area contributed by atoms with Gasteiger partial charge in [-0.2, -0.15) is 0 Å². The number of methoxy groups -OCH3 is 1. The molecule has 1 unspecified atom stereocenters. The number of benzene rings is 1. The Hall–Kier alpha value is -2.66. The predicted octanol–water partition coefficient (Wildman–Crippen LogP) is 4.50. The third kappa shape index (κ3) is 4.20. The van der Waals surface area contributed by atoms with E-state index < -0.39 is 0 Å². The molecule has 3 N–H and O–H groups in total. The topological polar surface area (TPSA) is 81.0 Å². The van der Waals surface area contributed by atoms with Crippen LogP contribution in [0, 0.1) is 11.8 Å². The molecule has 0 saturated heterocycles. The van der Waals surface area contributed by atoms with Crippen molar-refractivity contribution < 1.29 is 9.53 Å². The number of pyridine rings is 1. The Kier molecular flexibility index (Phi) is 5.67. The normalized spacial score (nSPS) is 20.5. The summed E-state index contributed by atoms with van der Waals surface area (Å²) in [7, 11) is 1.66. The van der Waals surface area contributed by atoms with Gasteiger partial charge in [0.1, 0.15) is 17.2 Å². The number of rotatable bonds is 6. The van der Waals surface area contributed by atoms with Gasteiger partial charge in [0.15, 0.2) is 0 Å². The van der Waals surface area contributed by atoms with Crippen molar-refractivity contribution in [3.05, 3.63) is 48.2 Å². The minimum absolute atomic E-state index is 0.157. The number of fused-ring (bicyclic) bond motifs is 1. The van der Waals surface area contributed by atoms with Crippen LogP contribution in [-0.4, -0.2) is 28.9 Å². The van der Waals surface area contributed by atoms with Crippen LogP contribution < -0.4 is 10.5 Å². The van der Waals surface area contributed by atoms with Gasteiger partial charge in [-0.05, 0) is 68.4 Å². The molecular weight excluding hydrogens is 362 g/mol. The SMILES string of the molecule is COc1cccc(-c2cc3c(CC(=O)C4CCC(C(C)N)CC4)ccnc3[nH]2)c1. The van der Waals surface area contributed by atoms with Crippen LogP contribution in [0.4, 0.5) is 0 Å². The summed E-state index contributed by atoms with van der Waals surface area (Å²) in [6.45, 7) is 2.08. The molecule has 2 aromatic heterocycles. The maximum absolute atomic E-state index is 13.0. The number of nitrogens with two attached hydrogens (primary N) is 1. The van der Waals surface area contributed by atoms with Crippen molar-refractivity contribution in [2.45, 2.75) is 45.1 Å². The number of nitrogens with zero attached hydrogens (tertiary/aromatic N) is 1. The summed E-state index contributed by atoms with van der Waals surface area (Å²) in [6.07, 6.45) is 6.28. The van der Waals surface area contributed by atoms with Gasteiger partial charge in [-0.3, -0.25) is 4.79 Å². The third-order valence-electron chi connectivity index (χ3n) is 6.34. The van der Waals surface area contributed by atoms with Crippen LogP contribution in [0.25, 0.3) is 22.3 Å². The van der Waals surface area contributed by atoms with Crippen LogP contribution in [0.15, 0.2) is 42.6 Å². The number of hydrogen-bond donors (Lipinski definition) is 2. The molecule has 1 aliphatic rings. The minimum atomic E-state index is 0.157. The summed E-state index contributed by atoms with van der Waals surface area (Å²) >= 11 is 0. The average molecular weight is 392 g/mol. The fourth-order valence-electron chi connectivity index (χ4n) is 4.48. The lowest BCUT2D eigenvalue weighted by atomic mass is 9.76. The van der Waals surface area contributed by atoms with Gasteiger partial charge < -0.3 is 15.5 Å². The van der Waals surface area contributed by atoms with Gasteiger partial charge in [0.2, 0.25) is 0 Å². The zero-order valence-electron chi connectivity index (χ0n) is 17.2. The summed E-state index contributed by atoms with van der Waals surface area (Å²) in [4.78, 5) is 20.8. The van der Waals surface area contributed by atoms with Crippen LogP contribution in [0.2, 0.25) is 0 Å². The molecule has 4 rings (SSSR count). The number of aromatic nitrogens is 2. The number of ether oxygens (including phenoxy) is 1. The van der Waals surface area contributed by atoms with Crippen LogP contribution in [0.1, 0.15) is 38.2 Å². The number of aromatic amines is 1. The molecule has 29 heavy (non-hydrogen) atoms. The van der Waals surface area contributed by atoms with E-state index >= 15 is 0 Å². The van der Waals surface area contributed by atoms with Crippen LogP contribution in [0.5, 0.6) is 5.75 Å². The Morgan fingerprint density at radius 3 is 2.76 bits per heavy atom. The van der Waals surface area contributed by atoms with Crippen LogP contribution in [0.3, 0.4) is 0 Å². The van der Waals surface area contributed by atoms with Gasteiger partial charge in [0.05, 0.1) is 7.11 Å². The Balaban J connectivity index is 1.54. The third-order valence-corrected chi connectivity index (χ3v) is 6.34. The number of carbonyl (C=O) groups excluding carboxylic acids is 1. The van der Waals surface area contributed by atoms with Gasteiger partial charge in [-0.25, -0.2) is 4.98 Å². The second-order valence-corrected chi connectivity index (χ2v) is 8.26. The summed E-state index contributed by atoms with van der Waals surface area (Å²) in [5.74, 6) is 1.86. The van der Waals surface area contributed by atoms with Gasteiger partial charge >= 0.3 is 0 Å². The monoisotopic (exact) mass is 391 g/mol. The van der Waals surface area contributed by atoms with E-state index in [-0.39, 0.29) is 12.0 Å². The van der Waals surface area contributed by atoms with Crippen LogP contribution in [-0.2, 0) is 11.2 Å². The van der Waals surface area contributed by atoms with Crippen molar-refractivity contribution in [2.75, 3.05) is 7.11 Å². The Bertz CT molecular complexity index is 1000. The summed E-state index contributed by atoms with van der Waals surface area (Å²) in [6, 6.07) is 12.2. The number of H-pyrrole nitrogens is 1. The number of carbonyl (C=O) groups is 1. The second-order valence-electron chi connectivity index (χ2n) is 8.26. The van der Waals surface area contributed by atoms with Crippen molar-refractivity contribution in [3.8, 4) is 17.0 Å². The van der Waals surface area contributed by atoms with E-state index in [1.165, 1.54) is 0 Å². The van der Waals surface area contributed by atoms with E-state index in [1.807, 2.05) is 30.3 Å². The van der Waals surface area contributed by atoms with Gasteiger partial charge in [0.25, 0.3) is 0 Å². The maximum Gasteiger partial charge on any atom is 0.140 e. The fourth-order valence-corrected chi connectivity index (χ4v) is 4.48. The fraction of sp³-hybridized carbons (Fsp3) is 0.417. The minimum Gasteiger partial charge on any atom is -0.497 e. The molecule has 0 aliphatic heterocycles. The molecule has 0 bridgehead atoms. The van der Waals surface area contributed by atoms with E-state index in [4.69, 9.17) is 10.5 Å².